The minimum Gasteiger partial charge on any atom is -0.328 e. The maximum absolute atomic E-state index is 5.92. The molecule has 2 nitrogen and oxygen atoms in total. The smallest absolute Gasteiger partial charge is 0.00964 e. The third-order valence-electron chi connectivity index (χ3n) is 3.54. The van der Waals surface area contributed by atoms with Crippen LogP contribution in [0.15, 0.2) is 0 Å². The second-order valence-corrected chi connectivity index (χ2v) is 4.76. The Balaban J connectivity index is 1.75. The quantitative estimate of drug-likeness (QED) is 0.715. The molecule has 2 aliphatic carbocycles. The highest BCUT2D eigenvalue weighted by Crippen LogP contribution is 2.31. The summed E-state index contributed by atoms with van der Waals surface area (Å²) in [7, 11) is 0. The van der Waals surface area contributed by atoms with Gasteiger partial charge in [0.15, 0.2) is 0 Å². The lowest BCUT2D eigenvalue weighted by Gasteiger charge is -2.23. The van der Waals surface area contributed by atoms with E-state index in [1.54, 1.807) is 0 Å². The van der Waals surface area contributed by atoms with Crippen LogP contribution in [0, 0.1) is 5.92 Å². The van der Waals surface area contributed by atoms with Gasteiger partial charge in [-0.05, 0) is 44.6 Å². The molecule has 0 heterocycles. The normalized spacial score (nSPS) is 34.4. The fourth-order valence-corrected chi connectivity index (χ4v) is 2.59. The number of hydrogen-bond acceptors (Lipinski definition) is 2. The molecule has 0 aromatic rings. The monoisotopic (exact) mass is 182 g/mol. The molecule has 76 valence electrons. The predicted octanol–water partition coefficient (Wildman–Crippen LogP) is 1.60. The van der Waals surface area contributed by atoms with Crippen molar-refractivity contribution in [2.45, 2.75) is 51.1 Å². The van der Waals surface area contributed by atoms with Crippen LogP contribution in [-0.2, 0) is 0 Å². The third-order valence-corrected chi connectivity index (χ3v) is 3.54. The van der Waals surface area contributed by atoms with Crippen molar-refractivity contribution in [3.8, 4) is 0 Å². The molecule has 0 amide bonds. The first-order chi connectivity index (χ1) is 6.29. The Kier molecular flexibility index (Phi) is 2.89. The Hall–Kier alpha value is -0.0800. The lowest BCUT2D eigenvalue weighted by Crippen LogP contribution is -2.31. The molecule has 2 heteroatoms. The van der Waals surface area contributed by atoms with Gasteiger partial charge in [-0.25, -0.2) is 0 Å². The van der Waals surface area contributed by atoms with E-state index in [-0.39, 0.29) is 0 Å². The molecule has 13 heavy (non-hydrogen) atoms. The summed E-state index contributed by atoms with van der Waals surface area (Å²) in [6.45, 7) is 4.83. The van der Waals surface area contributed by atoms with E-state index in [1.807, 2.05) is 0 Å². The van der Waals surface area contributed by atoms with Gasteiger partial charge in [-0.2, -0.15) is 0 Å². The van der Waals surface area contributed by atoms with Crippen molar-refractivity contribution in [3.05, 3.63) is 0 Å². The molecule has 0 aliphatic heterocycles. The van der Waals surface area contributed by atoms with Gasteiger partial charge in [0.25, 0.3) is 0 Å². The van der Waals surface area contributed by atoms with Crippen LogP contribution in [0.2, 0.25) is 0 Å². The van der Waals surface area contributed by atoms with Gasteiger partial charge in [-0.3, -0.25) is 0 Å². The highest BCUT2D eigenvalue weighted by molar-refractivity contribution is 4.87. The summed E-state index contributed by atoms with van der Waals surface area (Å²) in [6.07, 6.45) is 6.76. The molecule has 2 saturated carbocycles. The zero-order valence-electron chi connectivity index (χ0n) is 8.71. The van der Waals surface area contributed by atoms with Crippen molar-refractivity contribution in [1.82, 2.24) is 4.90 Å². The Bertz CT molecular complexity index is 165. The number of nitrogens with two attached hydrogens (primary N) is 1. The lowest BCUT2D eigenvalue weighted by atomic mass is 10.1. The minimum absolute atomic E-state index is 0.503. The van der Waals surface area contributed by atoms with Crippen molar-refractivity contribution < 1.29 is 0 Å². The molecule has 0 aromatic heterocycles. The van der Waals surface area contributed by atoms with Crippen molar-refractivity contribution in [2.24, 2.45) is 11.7 Å². The molecule has 0 spiro atoms. The Labute approximate surface area is 81.5 Å². The summed E-state index contributed by atoms with van der Waals surface area (Å²) in [5.41, 5.74) is 5.92. The molecule has 2 unspecified atom stereocenters. The van der Waals surface area contributed by atoms with Crippen LogP contribution in [0.3, 0.4) is 0 Å². The highest BCUT2D eigenvalue weighted by atomic mass is 15.2. The standard InChI is InChI=1S/C11H22N2/c1-2-13(11-5-6-11)8-9-3-4-10(12)7-9/h9-11H,2-8,12H2,1H3. The van der Waals surface area contributed by atoms with E-state index < -0.39 is 0 Å². The molecule has 2 aliphatic rings. The van der Waals surface area contributed by atoms with Gasteiger partial charge in [0, 0.05) is 18.6 Å². The summed E-state index contributed by atoms with van der Waals surface area (Å²) >= 11 is 0. The van der Waals surface area contributed by atoms with E-state index in [2.05, 4.69) is 11.8 Å². The second-order valence-electron chi connectivity index (χ2n) is 4.76. The molecule has 2 fully saturated rings. The summed E-state index contributed by atoms with van der Waals surface area (Å²) < 4.78 is 0. The number of nitrogens with zero attached hydrogens (tertiary/aromatic N) is 1. The van der Waals surface area contributed by atoms with E-state index in [1.165, 1.54) is 45.2 Å². The molecule has 0 radical (unpaired) electrons. The van der Waals surface area contributed by atoms with Gasteiger partial charge in [-0.1, -0.05) is 6.92 Å². The van der Waals surface area contributed by atoms with Crippen LogP contribution in [0.1, 0.15) is 39.0 Å². The molecule has 0 bridgehead atoms. The fraction of sp³-hybridized carbons (Fsp3) is 1.00. The molecule has 2 N–H and O–H groups in total. The van der Waals surface area contributed by atoms with E-state index in [4.69, 9.17) is 5.73 Å². The van der Waals surface area contributed by atoms with Gasteiger partial charge in [0.05, 0.1) is 0 Å². The Morgan fingerprint density at radius 2 is 2.00 bits per heavy atom. The molecule has 2 rings (SSSR count). The van der Waals surface area contributed by atoms with Gasteiger partial charge < -0.3 is 10.6 Å². The maximum atomic E-state index is 5.92. The predicted molar refractivity (Wildman–Crippen MR) is 55.6 cm³/mol. The summed E-state index contributed by atoms with van der Waals surface area (Å²) in [4.78, 5) is 2.66. The van der Waals surface area contributed by atoms with Crippen molar-refractivity contribution >= 4 is 0 Å². The van der Waals surface area contributed by atoms with Crippen LogP contribution in [-0.4, -0.2) is 30.1 Å². The zero-order chi connectivity index (χ0) is 9.26. The molecule has 0 aromatic carbocycles. The largest absolute Gasteiger partial charge is 0.328 e. The molecular formula is C11H22N2. The summed E-state index contributed by atoms with van der Waals surface area (Å²) in [6, 6.07) is 1.43. The minimum atomic E-state index is 0.503. The first kappa shape index (κ1) is 9.47. The first-order valence-electron chi connectivity index (χ1n) is 5.79. The maximum Gasteiger partial charge on any atom is 0.00964 e. The topological polar surface area (TPSA) is 29.3 Å². The van der Waals surface area contributed by atoms with Crippen molar-refractivity contribution in [2.75, 3.05) is 13.1 Å². The van der Waals surface area contributed by atoms with Gasteiger partial charge in [0.1, 0.15) is 0 Å². The van der Waals surface area contributed by atoms with Crippen LogP contribution in [0.4, 0.5) is 0 Å². The third kappa shape index (κ3) is 2.44. The van der Waals surface area contributed by atoms with E-state index in [0.29, 0.717) is 6.04 Å². The fourth-order valence-electron chi connectivity index (χ4n) is 2.59. The van der Waals surface area contributed by atoms with Gasteiger partial charge in [0.2, 0.25) is 0 Å². The molecule has 2 atom stereocenters. The molecular weight excluding hydrogens is 160 g/mol. The summed E-state index contributed by atoms with van der Waals surface area (Å²) in [5.74, 6) is 0.899. The van der Waals surface area contributed by atoms with E-state index in [9.17, 15) is 0 Å². The highest BCUT2D eigenvalue weighted by Gasteiger charge is 2.31. The van der Waals surface area contributed by atoms with Gasteiger partial charge in [-0.15, -0.1) is 0 Å². The van der Waals surface area contributed by atoms with E-state index >= 15 is 0 Å². The average Bonchev–Trinajstić information content (AvgIpc) is 2.87. The SMILES string of the molecule is CCN(CC1CCC(N)C1)C1CC1. The van der Waals surface area contributed by atoms with E-state index in [0.717, 1.165) is 12.0 Å². The van der Waals surface area contributed by atoms with Crippen molar-refractivity contribution in [1.29, 1.82) is 0 Å². The number of hydrogen-bond donors (Lipinski definition) is 1. The Morgan fingerprint density at radius 1 is 1.23 bits per heavy atom. The average molecular weight is 182 g/mol. The first-order valence-corrected chi connectivity index (χ1v) is 5.79. The summed E-state index contributed by atoms with van der Waals surface area (Å²) in [5, 5.41) is 0. The number of rotatable bonds is 4. The van der Waals surface area contributed by atoms with Crippen LogP contribution >= 0.6 is 0 Å². The van der Waals surface area contributed by atoms with Gasteiger partial charge >= 0.3 is 0 Å². The zero-order valence-corrected chi connectivity index (χ0v) is 8.71. The van der Waals surface area contributed by atoms with Crippen LogP contribution in [0.25, 0.3) is 0 Å². The lowest BCUT2D eigenvalue weighted by molar-refractivity contribution is 0.232. The van der Waals surface area contributed by atoms with Crippen LogP contribution < -0.4 is 5.73 Å². The second kappa shape index (κ2) is 3.97. The molecule has 0 saturated heterocycles. The Morgan fingerprint density at radius 3 is 2.46 bits per heavy atom. The van der Waals surface area contributed by atoms with Crippen molar-refractivity contribution in [3.63, 3.8) is 0 Å². The van der Waals surface area contributed by atoms with Crippen LogP contribution in [0.5, 0.6) is 0 Å².